The van der Waals surface area contributed by atoms with E-state index in [1.165, 1.54) is 25.1 Å². The number of fused-ring (bicyclic) bond motifs is 1. The van der Waals surface area contributed by atoms with Crippen LogP contribution in [0.1, 0.15) is 40.8 Å². The van der Waals surface area contributed by atoms with E-state index in [1.54, 1.807) is 18.3 Å². The summed E-state index contributed by atoms with van der Waals surface area (Å²) < 4.78 is 46.6. The number of amides is 2. The third-order valence-electron chi connectivity index (χ3n) is 8.64. The summed E-state index contributed by atoms with van der Waals surface area (Å²) in [5.41, 5.74) is 8.07. The number of nitriles is 1. The predicted molar refractivity (Wildman–Crippen MR) is 178 cm³/mol. The van der Waals surface area contributed by atoms with Gasteiger partial charge in [-0.1, -0.05) is 36.4 Å². The lowest BCUT2D eigenvalue weighted by molar-refractivity contribution is -0.903. The second-order valence-electron chi connectivity index (χ2n) is 12.4. The van der Waals surface area contributed by atoms with Gasteiger partial charge in [0.15, 0.2) is 0 Å². The van der Waals surface area contributed by atoms with Crippen LogP contribution in [0.3, 0.4) is 0 Å². The number of nitrogens with zero attached hydrogens (tertiary/aromatic N) is 5. The van der Waals surface area contributed by atoms with Crippen LogP contribution in [0.4, 0.5) is 23.7 Å². The minimum absolute atomic E-state index is 0.0774. The highest BCUT2D eigenvalue weighted by Crippen LogP contribution is 2.42. The fourth-order valence-electron chi connectivity index (χ4n) is 6.29. The number of aromatic nitrogens is 1. The molecule has 0 saturated carbocycles. The van der Waals surface area contributed by atoms with Crippen LogP contribution in [0.15, 0.2) is 90.3 Å². The van der Waals surface area contributed by atoms with Gasteiger partial charge in [0.25, 0.3) is 0 Å². The molecule has 0 unspecified atom stereocenters. The lowest BCUT2D eigenvalue weighted by Gasteiger charge is -2.43. The summed E-state index contributed by atoms with van der Waals surface area (Å²) in [7, 11) is 5.25. The number of methoxy groups -OCH3 is 1. The van der Waals surface area contributed by atoms with Crippen molar-refractivity contribution in [2.24, 2.45) is 5.73 Å². The third-order valence-corrected chi connectivity index (χ3v) is 8.64. The maximum absolute atomic E-state index is 13.7. The fraction of sp³-hybridized carbons (Fsp3) is 0.250. The molecule has 1 aliphatic rings. The van der Waals surface area contributed by atoms with E-state index >= 15 is 0 Å². The highest BCUT2D eigenvalue weighted by atomic mass is 19.4. The van der Waals surface area contributed by atoms with Crippen molar-refractivity contribution in [3.05, 3.63) is 118 Å². The van der Waals surface area contributed by atoms with Crippen molar-refractivity contribution >= 4 is 34.6 Å². The Morgan fingerprint density at radius 3 is 2.45 bits per heavy atom. The molecule has 0 aliphatic carbocycles. The maximum Gasteiger partial charge on any atom is 0.416 e. The largest absolute Gasteiger partial charge is 0.466 e. The van der Waals surface area contributed by atoms with Crippen molar-refractivity contribution < 1.29 is 32.0 Å². The molecule has 0 spiro atoms. The molecule has 1 atom stereocenters. The zero-order chi connectivity index (χ0) is 35.7. The van der Waals surface area contributed by atoms with Gasteiger partial charge in [0.05, 0.1) is 56.0 Å². The van der Waals surface area contributed by atoms with Crippen LogP contribution in [-0.2, 0) is 28.7 Å². The van der Waals surface area contributed by atoms with Gasteiger partial charge in [0.2, 0.25) is 5.96 Å². The summed E-state index contributed by atoms with van der Waals surface area (Å²) in [6.07, 6.45) is -2.55. The van der Waals surface area contributed by atoms with Gasteiger partial charge in [-0.15, -0.1) is 0 Å². The smallest absolute Gasteiger partial charge is 0.416 e. The van der Waals surface area contributed by atoms with E-state index in [0.717, 1.165) is 45.5 Å². The second-order valence-corrected chi connectivity index (χ2v) is 12.4. The van der Waals surface area contributed by atoms with Crippen molar-refractivity contribution in [2.75, 3.05) is 32.6 Å². The molecule has 3 N–H and O–H groups in total. The molecule has 5 rings (SSSR count). The number of ether oxygens (including phenoxy) is 1. The number of halogens is 3. The molecule has 3 aromatic carbocycles. The van der Waals surface area contributed by atoms with Crippen LogP contribution in [-0.4, -0.2) is 60.1 Å². The quantitative estimate of drug-likeness (QED) is 0.168. The Morgan fingerprint density at radius 2 is 1.78 bits per heavy atom. The van der Waals surface area contributed by atoms with Gasteiger partial charge >= 0.3 is 18.2 Å². The number of esters is 1. The van der Waals surface area contributed by atoms with Crippen LogP contribution in [0.5, 0.6) is 0 Å². The van der Waals surface area contributed by atoms with Crippen molar-refractivity contribution in [1.82, 2.24) is 9.88 Å². The Kier molecular flexibility index (Phi) is 9.46. The Bertz CT molecular complexity index is 2030. The van der Waals surface area contributed by atoms with Crippen LogP contribution in [0.2, 0.25) is 0 Å². The summed E-state index contributed by atoms with van der Waals surface area (Å²) in [5.74, 6) is -1.43. The van der Waals surface area contributed by atoms with Crippen LogP contribution in [0, 0.1) is 16.7 Å². The van der Waals surface area contributed by atoms with E-state index in [0.29, 0.717) is 40.7 Å². The molecule has 10 nitrogen and oxygen atoms in total. The first kappa shape index (κ1) is 34.6. The Labute approximate surface area is 281 Å². The molecule has 1 aromatic heterocycles. The lowest BCUT2D eigenvalue weighted by Crippen LogP contribution is -2.55. The number of anilines is 1. The number of quaternary nitrogens is 1. The van der Waals surface area contributed by atoms with E-state index in [9.17, 15) is 28.0 Å². The van der Waals surface area contributed by atoms with Gasteiger partial charge in [-0.3, -0.25) is 20.2 Å². The van der Waals surface area contributed by atoms with E-state index in [-0.39, 0.29) is 17.0 Å². The van der Waals surface area contributed by atoms with E-state index < -0.39 is 35.7 Å². The number of carbonyl (C=O) groups is 2. The molecule has 0 saturated heterocycles. The van der Waals surface area contributed by atoms with Crippen molar-refractivity contribution in [3.63, 3.8) is 0 Å². The number of nitrogens with two attached hydrogens (primary N) is 1. The molecule has 2 heterocycles. The predicted octanol–water partition coefficient (Wildman–Crippen LogP) is 6.27. The number of hydrogen-bond donors (Lipinski definition) is 2. The van der Waals surface area contributed by atoms with Gasteiger partial charge < -0.3 is 15.0 Å². The highest BCUT2D eigenvalue weighted by molar-refractivity contribution is 6.10. The monoisotopic (exact) mass is 670 g/mol. The fourth-order valence-corrected chi connectivity index (χ4v) is 6.29. The number of pyridine rings is 1. The number of urea groups is 1. The SMILES string of the molecule is COC(=O)C1=C(C)N(c2cccc(C(F)(F)F)c2)C(=N)N(C(N)=O)[C@@H]1c1ccc(C#N)cc1CC[N+](C)(C)Cc1cccc2cccnc12. The van der Waals surface area contributed by atoms with Gasteiger partial charge in [0.1, 0.15) is 12.6 Å². The topological polar surface area (TPSA) is 136 Å². The molecule has 0 bridgehead atoms. The minimum atomic E-state index is -4.68. The summed E-state index contributed by atoms with van der Waals surface area (Å²) >= 11 is 0. The number of para-hydroxylation sites is 1. The standard InChI is InChI=1S/C36H34F3N7O3/c1-22-30(33(47)49-4)32(45(35(42)48)34(41)44(22)28-12-6-11-27(19-28)36(37,38)39)29-14-13-23(20-40)18-25(29)15-17-46(2,3)21-26-9-5-8-24-10-7-16-43-31(24)26/h5-14,16,18-19,32,41H,15,17,21H2,1-4H3,(H-,42,48)/p+1/t32-/m1/s1. The molecular weight excluding hydrogens is 635 g/mol. The summed E-state index contributed by atoms with van der Waals surface area (Å²) in [6.45, 7) is 2.65. The van der Waals surface area contributed by atoms with Gasteiger partial charge in [-0.05, 0) is 54.4 Å². The number of nitrogens with one attached hydrogen (secondary N) is 1. The first-order chi connectivity index (χ1) is 23.2. The Morgan fingerprint density at radius 1 is 1.06 bits per heavy atom. The third kappa shape index (κ3) is 6.95. The van der Waals surface area contributed by atoms with Gasteiger partial charge in [-0.2, -0.15) is 18.4 Å². The highest BCUT2D eigenvalue weighted by Gasteiger charge is 2.44. The zero-order valence-corrected chi connectivity index (χ0v) is 27.4. The van der Waals surface area contributed by atoms with Gasteiger partial charge in [0, 0.05) is 35.0 Å². The van der Waals surface area contributed by atoms with Crippen LogP contribution < -0.4 is 10.6 Å². The normalized spacial score (nSPS) is 15.4. The zero-order valence-electron chi connectivity index (χ0n) is 27.4. The molecule has 0 radical (unpaired) electrons. The van der Waals surface area contributed by atoms with Gasteiger partial charge in [-0.25, -0.2) is 9.59 Å². The first-order valence-corrected chi connectivity index (χ1v) is 15.3. The maximum atomic E-state index is 13.7. The number of benzene rings is 3. The average molecular weight is 671 g/mol. The van der Waals surface area contributed by atoms with E-state index in [2.05, 4.69) is 25.1 Å². The second kappa shape index (κ2) is 13.4. The number of hydrogen-bond acceptors (Lipinski definition) is 6. The molecule has 13 heteroatoms. The average Bonchev–Trinajstić information content (AvgIpc) is 3.06. The van der Waals surface area contributed by atoms with Crippen LogP contribution in [0.25, 0.3) is 10.9 Å². The van der Waals surface area contributed by atoms with Crippen molar-refractivity contribution in [2.45, 2.75) is 32.1 Å². The van der Waals surface area contributed by atoms with Crippen molar-refractivity contribution in [3.8, 4) is 6.07 Å². The summed E-state index contributed by atoms with van der Waals surface area (Å²) in [6, 6.07) is 18.7. The van der Waals surface area contributed by atoms with Crippen molar-refractivity contribution in [1.29, 1.82) is 10.7 Å². The molecular formula is C36H35F3N7O3+. The van der Waals surface area contributed by atoms with Crippen LogP contribution >= 0.6 is 0 Å². The number of allylic oxidation sites excluding steroid dienone is 1. The molecule has 49 heavy (non-hydrogen) atoms. The summed E-state index contributed by atoms with van der Waals surface area (Å²) in [5, 5.41) is 19.9. The first-order valence-electron chi connectivity index (χ1n) is 15.3. The lowest BCUT2D eigenvalue weighted by atomic mass is 9.87. The number of rotatable bonds is 8. The number of likely N-dealkylation sites (N-methyl/N-ethyl adjacent to an activating group) is 1. The summed E-state index contributed by atoms with van der Waals surface area (Å²) in [4.78, 5) is 33.1. The number of alkyl halides is 3. The molecule has 252 valence electrons. The van der Waals surface area contributed by atoms with E-state index in [4.69, 9.17) is 15.9 Å². The Balaban J connectivity index is 1.60. The number of carbonyl (C=O) groups excluding carboxylic acids is 2. The van der Waals surface area contributed by atoms with E-state index in [1.807, 2.05) is 30.3 Å². The molecule has 4 aromatic rings. The number of guanidine groups is 1. The molecule has 2 amide bonds. The molecule has 0 fully saturated rings. The Hall–Kier alpha value is -5.74. The number of primary amides is 1. The minimum Gasteiger partial charge on any atom is -0.466 e. The molecule has 1 aliphatic heterocycles.